The number of carbonyl (C=O) groups is 2. The molecule has 0 bridgehead atoms. The van der Waals surface area contributed by atoms with Gasteiger partial charge in [-0.1, -0.05) is 51.1 Å². The van der Waals surface area contributed by atoms with E-state index in [0.29, 0.717) is 16.9 Å². The minimum atomic E-state index is -0.472. The third-order valence-corrected chi connectivity index (χ3v) is 4.55. The molecule has 1 heterocycles. The van der Waals surface area contributed by atoms with Crippen molar-refractivity contribution >= 4 is 11.9 Å². The van der Waals surface area contributed by atoms with E-state index >= 15 is 0 Å². The fourth-order valence-electron chi connectivity index (χ4n) is 3.35. The summed E-state index contributed by atoms with van der Waals surface area (Å²) in [6.07, 6.45) is 0.698. The van der Waals surface area contributed by atoms with Crippen molar-refractivity contribution < 1.29 is 20.5 Å². The summed E-state index contributed by atoms with van der Waals surface area (Å²) in [6, 6.07) is 13.3. The Labute approximate surface area is 162 Å². The molecule has 0 aromatic heterocycles. The maximum Gasteiger partial charge on any atom is 0.337 e. The first kappa shape index (κ1) is 20.5. The van der Waals surface area contributed by atoms with Gasteiger partial charge in [-0.05, 0) is 24.1 Å². The SMILES string of the molecule is CC.CC[C@H]1Oc2c(C(=O)NC)cc(C(=O)OC)cc2[C@@H]1c1ccccc1.[HH]. The van der Waals surface area contributed by atoms with Crippen molar-refractivity contribution in [2.75, 3.05) is 14.2 Å². The molecule has 1 aliphatic rings. The lowest BCUT2D eigenvalue weighted by atomic mass is 9.85. The Morgan fingerprint density at radius 1 is 1.19 bits per heavy atom. The van der Waals surface area contributed by atoms with Gasteiger partial charge in [-0.25, -0.2) is 4.79 Å². The number of hydrogen-bond acceptors (Lipinski definition) is 4. The maximum absolute atomic E-state index is 12.3. The van der Waals surface area contributed by atoms with Crippen LogP contribution in [0.4, 0.5) is 0 Å². The number of rotatable bonds is 4. The van der Waals surface area contributed by atoms with E-state index in [4.69, 9.17) is 9.47 Å². The van der Waals surface area contributed by atoms with E-state index in [1.54, 1.807) is 13.1 Å². The van der Waals surface area contributed by atoms with Crippen LogP contribution in [0, 0.1) is 0 Å². The summed E-state index contributed by atoms with van der Waals surface area (Å²) in [5.74, 6) is -0.243. The second kappa shape index (κ2) is 9.21. The zero-order valence-corrected chi connectivity index (χ0v) is 16.5. The molecule has 2 atom stereocenters. The molecule has 5 nitrogen and oxygen atoms in total. The summed E-state index contributed by atoms with van der Waals surface area (Å²) in [6.45, 7) is 6.05. The van der Waals surface area contributed by atoms with Crippen LogP contribution in [-0.2, 0) is 4.74 Å². The Hall–Kier alpha value is -2.82. The smallest absolute Gasteiger partial charge is 0.337 e. The van der Waals surface area contributed by atoms with Gasteiger partial charge in [-0.3, -0.25) is 4.79 Å². The zero-order valence-electron chi connectivity index (χ0n) is 16.5. The van der Waals surface area contributed by atoms with Crippen LogP contribution >= 0.6 is 0 Å². The van der Waals surface area contributed by atoms with Gasteiger partial charge >= 0.3 is 5.97 Å². The number of esters is 1. The highest BCUT2D eigenvalue weighted by Gasteiger charge is 2.38. The van der Waals surface area contributed by atoms with Gasteiger partial charge in [0.1, 0.15) is 11.9 Å². The highest BCUT2D eigenvalue weighted by atomic mass is 16.5. The molecule has 3 rings (SSSR count). The molecule has 0 fully saturated rings. The number of fused-ring (bicyclic) bond motifs is 1. The number of carbonyl (C=O) groups excluding carboxylic acids is 2. The molecule has 0 radical (unpaired) electrons. The van der Waals surface area contributed by atoms with Crippen LogP contribution in [0.1, 0.15) is 66.4 Å². The monoisotopic (exact) mass is 371 g/mol. The largest absolute Gasteiger partial charge is 0.488 e. The van der Waals surface area contributed by atoms with Gasteiger partial charge < -0.3 is 14.8 Å². The maximum atomic E-state index is 12.3. The summed E-state index contributed by atoms with van der Waals surface area (Å²) >= 11 is 0. The van der Waals surface area contributed by atoms with Crippen molar-refractivity contribution in [1.29, 1.82) is 0 Å². The Kier molecular flexibility index (Phi) is 6.99. The zero-order chi connectivity index (χ0) is 20.0. The Bertz CT molecular complexity index is 808. The van der Waals surface area contributed by atoms with Crippen molar-refractivity contribution in [2.45, 2.75) is 39.2 Å². The minimum absolute atomic E-state index is 0. The van der Waals surface area contributed by atoms with Gasteiger partial charge in [-0.2, -0.15) is 0 Å². The molecule has 0 spiro atoms. The summed E-state index contributed by atoms with van der Waals surface area (Å²) in [4.78, 5) is 24.4. The van der Waals surface area contributed by atoms with Gasteiger partial charge in [0, 0.05) is 20.0 Å². The second-order valence-corrected chi connectivity index (χ2v) is 5.97. The first-order valence-electron chi connectivity index (χ1n) is 9.30. The molecular weight excluding hydrogens is 342 g/mol. The van der Waals surface area contributed by atoms with E-state index in [9.17, 15) is 9.59 Å². The molecule has 2 aromatic rings. The third kappa shape index (κ3) is 3.97. The van der Waals surface area contributed by atoms with Crippen molar-refractivity contribution in [1.82, 2.24) is 5.32 Å². The normalized spacial score (nSPS) is 17.1. The summed E-state index contributed by atoms with van der Waals surface area (Å²) < 4.78 is 11.0. The van der Waals surface area contributed by atoms with Crippen molar-refractivity contribution in [3.8, 4) is 5.75 Å². The molecule has 0 saturated carbocycles. The quantitative estimate of drug-likeness (QED) is 0.809. The van der Waals surface area contributed by atoms with Crippen molar-refractivity contribution in [2.24, 2.45) is 0 Å². The summed E-state index contributed by atoms with van der Waals surface area (Å²) in [5, 5.41) is 2.61. The van der Waals surface area contributed by atoms with Crippen LogP contribution in [0.3, 0.4) is 0 Å². The van der Waals surface area contributed by atoms with Crippen molar-refractivity contribution in [3.05, 3.63) is 64.7 Å². The van der Waals surface area contributed by atoms with Crippen LogP contribution in [0.2, 0.25) is 0 Å². The van der Waals surface area contributed by atoms with Crippen LogP contribution < -0.4 is 10.1 Å². The predicted octanol–water partition coefficient (Wildman–Crippen LogP) is 4.41. The average molecular weight is 371 g/mol. The number of amides is 1. The number of nitrogens with one attached hydrogen (secondary N) is 1. The molecule has 27 heavy (non-hydrogen) atoms. The molecule has 0 saturated heterocycles. The van der Waals surface area contributed by atoms with E-state index in [1.807, 2.05) is 51.1 Å². The van der Waals surface area contributed by atoms with Crippen LogP contribution in [0.5, 0.6) is 5.75 Å². The molecule has 1 amide bonds. The van der Waals surface area contributed by atoms with Crippen LogP contribution in [0.25, 0.3) is 0 Å². The number of hydrogen-bond donors (Lipinski definition) is 1. The van der Waals surface area contributed by atoms with E-state index in [2.05, 4.69) is 5.32 Å². The molecule has 2 aromatic carbocycles. The first-order valence-corrected chi connectivity index (χ1v) is 9.30. The standard InChI is InChI=1S/C20H21NO4.C2H6.H2/c1-4-16-17(12-8-6-5-7-9-12)14-10-13(20(23)24-3)11-15(18(14)25-16)19(22)21-2;1-2;/h5-11,16-17H,4H2,1-3H3,(H,21,22);1-2H3;1H/t16-,17+;;/m1../s1. The fraction of sp³-hybridized carbons (Fsp3) is 0.364. The lowest BCUT2D eigenvalue weighted by Gasteiger charge is -2.18. The Balaban J connectivity index is 0.00000127. The molecule has 1 N–H and O–H groups in total. The van der Waals surface area contributed by atoms with Gasteiger partial charge in [0.25, 0.3) is 5.91 Å². The van der Waals surface area contributed by atoms with Crippen LogP contribution in [0.15, 0.2) is 42.5 Å². The lowest BCUT2D eigenvalue weighted by molar-refractivity contribution is 0.0600. The van der Waals surface area contributed by atoms with Crippen LogP contribution in [-0.4, -0.2) is 32.1 Å². The molecule has 0 aliphatic carbocycles. The molecular formula is C22H29NO4. The topological polar surface area (TPSA) is 64.6 Å². The fourth-order valence-corrected chi connectivity index (χ4v) is 3.35. The van der Waals surface area contributed by atoms with Gasteiger partial charge in [-0.15, -0.1) is 0 Å². The molecule has 146 valence electrons. The van der Waals surface area contributed by atoms with E-state index in [-0.39, 0.29) is 19.4 Å². The summed E-state index contributed by atoms with van der Waals surface area (Å²) in [5.41, 5.74) is 2.65. The first-order chi connectivity index (χ1) is 13.1. The lowest BCUT2D eigenvalue weighted by Crippen LogP contribution is -2.20. The highest BCUT2D eigenvalue weighted by Crippen LogP contribution is 2.46. The average Bonchev–Trinajstić information content (AvgIpc) is 3.12. The van der Waals surface area contributed by atoms with E-state index < -0.39 is 5.97 Å². The highest BCUT2D eigenvalue weighted by molar-refractivity contribution is 6.01. The van der Waals surface area contributed by atoms with Gasteiger partial charge in [0.05, 0.1) is 18.2 Å². The molecule has 5 heteroatoms. The predicted molar refractivity (Wildman–Crippen MR) is 108 cm³/mol. The van der Waals surface area contributed by atoms with Crippen molar-refractivity contribution in [3.63, 3.8) is 0 Å². The number of methoxy groups -OCH3 is 1. The Morgan fingerprint density at radius 3 is 2.41 bits per heavy atom. The number of ether oxygens (including phenoxy) is 2. The molecule has 0 unspecified atom stereocenters. The van der Waals surface area contributed by atoms with Gasteiger partial charge in [0.15, 0.2) is 0 Å². The summed E-state index contributed by atoms with van der Waals surface area (Å²) in [7, 11) is 2.88. The van der Waals surface area contributed by atoms with E-state index in [1.165, 1.54) is 13.2 Å². The number of benzene rings is 2. The third-order valence-electron chi connectivity index (χ3n) is 4.55. The van der Waals surface area contributed by atoms with Gasteiger partial charge in [0.2, 0.25) is 0 Å². The minimum Gasteiger partial charge on any atom is -0.488 e. The Morgan fingerprint density at radius 2 is 1.85 bits per heavy atom. The second-order valence-electron chi connectivity index (χ2n) is 5.97. The van der Waals surface area contributed by atoms with E-state index in [0.717, 1.165) is 17.5 Å². The molecule has 1 aliphatic heterocycles.